The van der Waals surface area contributed by atoms with Crippen molar-refractivity contribution in [3.05, 3.63) is 29.8 Å². The van der Waals surface area contributed by atoms with Gasteiger partial charge in [-0.1, -0.05) is 26.0 Å². The Balaban J connectivity index is 2.70. The van der Waals surface area contributed by atoms with E-state index in [0.717, 1.165) is 17.7 Å². The van der Waals surface area contributed by atoms with E-state index in [-0.39, 0.29) is 12.0 Å². The van der Waals surface area contributed by atoms with Crippen molar-refractivity contribution in [3.8, 4) is 5.75 Å². The summed E-state index contributed by atoms with van der Waals surface area (Å²) >= 11 is 0. The Morgan fingerprint density at radius 1 is 1.20 bits per heavy atom. The Bertz CT molecular complexity index is 279. The lowest BCUT2D eigenvalue weighted by molar-refractivity contribution is 0.145. The van der Waals surface area contributed by atoms with Crippen molar-refractivity contribution in [3.63, 3.8) is 0 Å². The molecule has 0 fully saturated rings. The van der Waals surface area contributed by atoms with E-state index in [1.807, 2.05) is 45.0 Å². The average molecular weight is 208 g/mol. The van der Waals surface area contributed by atoms with Gasteiger partial charge in [0.2, 0.25) is 0 Å². The number of ether oxygens (including phenoxy) is 1. The summed E-state index contributed by atoms with van der Waals surface area (Å²) in [5.74, 6) is 1.07. The van der Waals surface area contributed by atoms with Crippen molar-refractivity contribution in [1.82, 2.24) is 0 Å². The summed E-state index contributed by atoms with van der Waals surface area (Å²) in [6.45, 7) is 6.70. The fourth-order valence-corrected chi connectivity index (χ4v) is 1.61. The molecule has 1 rings (SSSR count). The third kappa shape index (κ3) is 3.24. The van der Waals surface area contributed by atoms with Gasteiger partial charge in [0.1, 0.15) is 5.75 Å². The summed E-state index contributed by atoms with van der Waals surface area (Å²) < 4.78 is 5.36. The number of benzene rings is 1. The molecular weight excluding hydrogens is 188 g/mol. The van der Waals surface area contributed by atoms with Crippen LogP contribution in [0.2, 0.25) is 0 Å². The number of aliphatic hydroxyl groups is 1. The van der Waals surface area contributed by atoms with E-state index in [2.05, 4.69) is 0 Å². The van der Waals surface area contributed by atoms with Crippen LogP contribution in [0, 0.1) is 0 Å². The largest absolute Gasteiger partial charge is 0.494 e. The van der Waals surface area contributed by atoms with Crippen molar-refractivity contribution >= 4 is 0 Å². The molecule has 0 aliphatic rings. The second-order valence-electron chi connectivity index (χ2n) is 3.77. The van der Waals surface area contributed by atoms with E-state index in [1.165, 1.54) is 0 Å². The molecule has 1 aromatic rings. The van der Waals surface area contributed by atoms with Crippen LogP contribution >= 0.6 is 0 Å². The van der Waals surface area contributed by atoms with Crippen LogP contribution in [0.4, 0.5) is 0 Å². The van der Waals surface area contributed by atoms with Crippen molar-refractivity contribution < 1.29 is 9.84 Å². The fourth-order valence-electron chi connectivity index (χ4n) is 1.61. The molecule has 2 nitrogen and oxygen atoms in total. The molecule has 0 saturated carbocycles. The maximum Gasteiger partial charge on any atom is 0.119 e. The number of rotatable bonds is 5. The van der Waals surface area contributed by atoms with E-state index in [1.54, 1.807) is 0 Å². The van der Waals surface area contributed by atoms with E-state index < -0.39 is 0 Å². The van der Waals surface area contributed by atoms with E-state index >= 15 is 0 Å². The maximum absolute atomic E-state index is 9.72. The Labute approximate surface area is 91.9 Å². The summed E-state index contributed by atoms with van der Waals surface area (Å²) in [6.07, 6.45) is 0.525. The second kappa shape index (κ2) is 5.76. The number of aliphatic hydroxyl groups excluding tert-OH is 1. The minimum Gasteiger partial charge on any atom is -0.494 e. The molecular formula is C13H20O2. The lowest BCUT2D eigenvalue weighted by Gasteiger charge is -2.17. The Hall–Kier alpha value is -1.02. The first kappa shape index (κ1) is 12.1. The summed E-state index contributed by atoms with van der Waals surface area (Å²) in [4.78, 5) is 0. The van der Waals surface area contributed by atoms with Crippen LogP contribution in [0.25, 0.3) is 0 Å². The van der Waals surface area contributed by atoms with Gasteiger partial charge >= 0.3 is 0 Å². The summed E-state index contributed by atoms with van der Waals surface area (Å²) in [5.41, 5.74) is 1.16. The zero-order chi connectivity index (χ0) is 11.3. The summed E-state index contributed by atoms with van der Waals surface area (Å²) in [5, 5.41) is 9.72. The molecule has 2 atom stereocenters. The maximum atomic E-state index is 9.72. The van der Waals surface area contributed by atoms with Gasteiger partial charge in [-0.3, -0.25) is 0 Å². The minimum absolute atomic E-state index is 0.186. The molecule has 15 heavy (non-hydrogen) atoms. The normalized spacial score (nSPS) is 14.7. The molecule has 0 aliphatic carbocycles. The number of hydrogen-bond acceptors (Lipinski definition) is 2. The highest BCUT2D eigenvalue weighted by atomic mass is 16.5. The molecule has 0 aliphatic heterocycles. The molecule has 0 radical (unpaired) electrons. The molecule has 0 spiro atoms. The Morgan fingerprint density at radius 2 is 1.80 bits per heavy atom. The van der Waals surface area contributed by atoms with Crippen molar-refractivity contribution in [2.75, 3.05) is 6.61 Å². The predicted octanol–water partition coefficient (Wildman–Crippen LogP) is 2.96. The molecule has 1 N–H and O–H groups in total. The smallest absolute Gasteiger partial charge is 0.119 e. The minimum atomic E-state index is -0.261. The van der Waals surface area contributed by atoms with Crippen molar-refractivity contribution in [2.24, 2.45) is 0 Å². The molecule has 84 valence electrons. The fraction of sp³-hybridized carbons (Fsp3) is 0.538. The van der Waals surface area contributed by atoms with Gasteiger partial charge in [0.25, 0.3) is 0 Å². The lowest BCUT2D eigenvalue weighted by atomic mass is 9.94. The molecule has 0 aromatic heterocycles. The van der Waals surface area contributed by atoms with Crippen LogP contribution in [0.5, 0.6) is 5.75 Å². The Kier molecular flexibility index (Phi) is 4.63. The van der Waals surface area contributed by atoms with Crippen LogP contribution in [-0.4, -0.2) is 17.8 Å². The average Bonchev–Trinajstić information content (AvgIpc) is 2.28. The number of hydrogen-bond donors (Lipinski definition) is 1. The van der Waals surface area contributed by atoms with E-state index in [0.29, 0.717) is 6.61 Å². The first-order valence-corrected chi connectivity index (χ1v) is 5.59. The van der Waals surface area contributed by atoms with Gasteiger partial charge in [0.15, 0.2) is 0 Å². The van der Waals surface area contributed by atoms with Gasteiger partial charge < -0.3 is 9.84 Å². The molecule has 0 saturated heterocycles. The van der Waals surface area contributed by atoms with Gasteiger partial charge in [-0.25, -0.2) is 0 Å². The zero-order valence-electron chi connectivity index (χ0n) is 9.73. The highest BCUT2D eigenvalue weighted by Crippen LogP contribution is 2.23. The monoisotopic (exact) mass is 208 g/mol. The predicted molar refractivity (Wildman–Crippen MR) is 62.3 cm³/mol. The van der Waals surface area contributed by atoms with Crippen LogP contribution < -0.4 is 4.74 Å². The van der Waals surface area contributed by atoms with E-state index in [4.69, 9.17) is 4.74 Å². The molecule has 2 heteroatoms. The Morgan fingerprint density at radius 3 is 2.27 bits per heavy atom. The highest BCUT2D eigenvalue weighted by molar-refractivity contribution is 5.29. The molecule has 0 amide bonds. The van der Waals surface area contributed by atoms with Gasteiger partial charge in [-0.05, 0) is 31.0 Å². The summed E-state index contributed by atoms with van der Waals surface area (Å²) in [6, 6.07) is 7.96. The van der Waals surface area contributed by atoms with Gasteiger partial charge in [0.05, 0.1) is 12.7 Å². The molecule has 1 aromatic carbocycles. The first-order chi connectivity index (χ1) is 7.19. The molecule has 0 heterocycles. The summed E-state index contributed by atoms with van der Waals surface area (Å²) in [7, 11) is 0. The molecule has 2 unspecified atom stereocenters. The lowest BCUT2D eigenvalue weighted by Crippen LogP contribution is -2.14. The zero-order valence-corrected chi connectivity index (χ0v) is 9.73. The highest BCUT2D eigenvalue weighted by Gasteiger charge is 2.13. The quantitative estimate of drug-likeness (QED) is 0.806. The standard InChI is InChI=1S/C13H20O2/c1-4-13(14)10(3)11-6-8-12(9-7-11)15-5-2/h6-10,13-14H,4-5H2,1-3H3. The van der Waals surface area contributed by atoms with Gasteiger partial charge in [-0.2, -0.15) is 0 Å². The van der Waals surface area contributed by atoms with Gasteiger partial charge in [-0.15, -0.1) is 0 Å². The third-order valence-electron chi connectivity index (χ3n) is 2.71. The van der Waals surface area contributed by atoms with Crippen molar-refractivity contribution in [2.45, 2.75) is 39.2 Å². The first-order valence-electron chi connectivity index (χ1n) is 5.59. The topological polar surface area (TPSA) is 29.5 Å². The second-order valence-corrected chi connectivity index (χ2v) is 3.77. The van der Waals surface area contributed by atoms with E-state index in [9.17, 15) is 5.11 Å². The van der Waals surface area contributed by atoms with Crippen molar-refractivity contribution in [1.29, 1.82) is 0 Å². The molecule has 0 bridgehead atoms. The van der Waals surface area contributed by atoms with Gasteiger partial charge in [0, 0.05) is 5.92 Å². The SMILES string of the molecule is CCOc1ccc(C(C)C(O)CC)cc1. The van der Waals surface area contributed by atoms with Crippen LogP contribution in [0.3, 0.4) is 0 Å². The van der Waals surface area contributed by atoms with Crippen LogP contribution in [0.15, 0.2) is 24.3 Å². The van der Waals surface area contributed by atoms with Crippen LogP contribution in [0.1, 0.15) is 38.7 Å². The third-order valence-corrected chi connectivity index (χ3v) is 2.71. The van der Waals surface area contributed by atoms with Crippen LogP contribution in [-0.2, 0) is 0 Å².